The van der Waals surface area contributed by atoms with Crippen molar-refractivity contribution < 1.29 is 13.9 Å². The Balaban J connectivity index is 1.47. The lowest BCUT2D eigenvalue weighted by Gasteiger charge is -2.29. The van der Waals surface area contributed by atoms with Gasteiger partial charge in [0.15, 0.2) is 5.96 Å². The number of hydrogen-bond acceptors (Lipinski definition) is 5. The number of nitrogens with one attached hydrogen (secondary N) is 2. The molecule has 162 valence electrons. The van der Waals surface area contributed by atoms with Crippen molar-refractivity contribution in [3.05, 3.63) is 29.6 Å². The second-order valence-corrected chi connectivity index (χ2v) is 7.31. The van der Waals surface area contributed by atoms with E-state index in [1.807, 2.05) is 24.0 Å². The van der Waals surface area contributed by atoms with Crippen molar-refractivity contribution in [2.45, 2.75) is 19.9 Å². The third-order valence-corrected chi connectivity index (χ3v) is 5.18. The molecule has 0 aliphatic carbocycles. The maximum Gasteiger partial charge on any atom is 0.191 e. The van der Waals surface area contributed by atoms with Crippen molar-refractivity contribution in [1.29, 1.82) is 0 Å². The Bertz CT molecular complexity index is 646. The summed E-state index contributed by atoms with van der Waals surface area (Å²) in [6, 6.07) is 5.41. The molecule has 0 saturated carbocycles. The van der Waals surface area contributed by atoms with Gasteiger partial charge in [-0.05, 0) is 37.6 Å². The zero-order valence-electron chi connectivity index (χ0n) is 17.5. The Morgan fingerprint density at radius 1 is 1.07 bits per heavy atom. The van der Waals surface area contributed by atoms with Crippen LogP contribution >= 0.6 is 0 Å². The van der Waals surface area contributed by atoms with Crippen LogP contribution < -0.4 is 15.5 Å². The molecule has 2 saturated heterocycles. The Hall–Kier alpha value is -1.90. The Morgan fingerprint density at radius 2 is 1.79 bits per heavy atom. The first-order valence-electron chi connectivity index (χ1n) is 10.7. The highest BCUT2D eigenvalue weighted by atomic mass is 19.1. The molecule has 0 radical (unpaired) electrons. The number of guanidine groups is 1. The van der Waals surface area contributed by atoms with Gasteiger partial charge in [0.1, 0.15) is 5.82 Å². The molecule has 1 aromatic rings. The number of halogens is 1. The topological polar surface area (TPSA) is 61.4 Å². The molecule has 3 rings (SSSR count). The molecule has 0 unspecified atom stereocenters. The number of benzene rings is 1. The summed E-state index contributed by atoms with van der Waals surface area (Å²) in [5, 5.41) is 6.63. The number of rotatable bonds is 8. The molecular weight excluding hydrogens is 373 g/mol. The number of hydrogen-bond donors (Lipinski definition) is 2. The lowest BCUT2D eigenvalue weighted by molar-refractivity contribution is 0.0376. The maximum absolute atomic E-state index is 14.6. The van der Waals surface area contributed by atoms with Crippen LogP contribution in [0, 0.1) is 5.82 Å². The van der Waals surface area contributed by atoms with Gasteiger partial charge in [0.2, 0.25) is 0 Å². The van der Waals surface area contributed by atoms with E-state index >= 15 is 0 Å². The summed E-state index contributed by atoms with van der Waals surface area (Å²) in [6.07, 6.45) is 1.05. The fraction of sp³-hybridized carbons (Fsp3) is 0.667. The van der Waals surface area contributed by atoms with Crippen molar-refractivity contribution in [1.82, 2.24) is 15.5 Å². The van der Waals surface area contributed by atoms with Crippen molar-refractivity contribution >= 4 is 11.6 Å². The summed E-state index contributed by atoms with van der Waals surface area (Å²) < 4.78 is 25.3. The molecule has 2 fully saturated rings. The monoisotopic (exact) mass is 407 g/mol. The normalized spacial score (nSPS) is 18.7. The molecule has 2 aliphatic rings. The fourth-order valence-electron chi connectivity index (χ4n) is 3.56. The zero-order valence-corrected chi connectivity index (χ0v) is 17.5. The van der Waals surface area contributed by atoms with Crippen LogP contribution in [0.1, 0.15) is 18.9 Å². The SMILES string of the molecule is CCNC(=NCc1ccc(N2CCOCC2)c(F)c1)NCCCN1CCOCC1. The molecule has 0 bridgehead atoms. The lowest BCUT2D eigenvalue weighted by atomic mass is 10.1. The van der Waals surface area contributed by atoms with Gasteiger partial charge in [-0.2, -0.15) is 0 Å². The van der Waals surface area contributed by atoms with Gasteiger partial charge in [0, 0.05) is 39.3 Å². The zero-order chi connectivity index (χ0) is 20.3. The number of morpholine rings is 2. The van der Waals surface area contributed by atoms with Gasteiger partial charge in [-0.3, -0.25) is 4.90 Å². The van der Waals surface area contributed by atoms with Crippen molar-refractivity contribution in [2.24, 2.45) is 4.99 Å². The second kappa shape index (κ2) is 11.9. The summed E-state index contributed by atoms with van der Waals surface area (Å²) in [7, 11) is 0. The maximum atomic E-state index is 14.6. The van der Waals surface area contributed by atoms with E-state index in [2.05, 4.69) is 20.5 Å². The van der Waals surface area contributed by atoms with Crippen molar-refractivity contribution in [2.75, 3.05) is 77.1 Å². The van der Waals surface area contributed by atoms with E-state index in [4.69, 9.17) is 9.47 Å². The van der Waals surface area contributed by atoms with E-state index in [-0.39, 0.29) is 5.82 Å². The van der Waals surface area contributed by atoms with Crippen LogP contribution in [0.3, 0.4) is 0 Å². The van der Waals surface area contributed by atoms with Gasteiger partial charge in [-0.15, -0.1) is 0 Å². The first-order chi connectivity index (χ1) is 14.3. The Labute approximate surface area is 173 Å². The number of anilines is 1. The van der Waals surface area contributed by atoms with E-state index in [9.17, 15) is 4.39 Å². The van der Waals surface area contributed by atoms with Crippen LogP contribution in [-0.4, -0.2) is 83.1 Å². The second-order valence-electron chi connectivity index (χ2n) is 7.31. The predicted molar refractivity (Wildman–Crippen MR) is 114 cm³/mol. The third kappa shape index (κ3) is 7.13. The van der Waals surface area contributed by atoms with E-state index in [0.717, 1.165) is 77.0 Å². The quantitative estimate of drug-likeness (QED) is 0.386. The summed E-state index contributed by atoms with van der Waals surface area (Å²) >= 11 is 0. The van der Waals surface area contributed by atoms with E-state index in [1.165, 1.54) is 0 Å². The molecule has 7 nitrogen and oxygen atoms in total. The number of ether oxygens (including phenoxy) is 2. The van der Waals surface area contributed by atoms with Gasteiger partial charge in [0.05, 0.1) is 38.7 Å². The molecule has 0 atom stereocenters. The molecule has 2 N–H and O–H groups in total. The average molecular weight is 408 g/mol. The van der Waals surface area contributed by atoms with E-state index in [0.29, 0.717) is 25.4 Å². The van der Waals surface area contributed by atoms with E-state index < -0.39 is 0 Å². The van der Waals surface area contributed by atoms with Gasteiger partial charge in [-0.1, -0.05) is 6.07 Å². The first kappa shape index (κ1) is 21.8. The van der Waals surface area contributed by atoms with Gasteiger partial charge >= 0.3 is 0 Å². The number of aliphatic imine (C=N–C) groups is 1. The molecule has 2 aliphatic heterocycles. The highest BCUT2D eigenvalue weighted by Gasteiger charge is 2.15. The van der Waals surface area contributed by atoms with Crippen LogP contribution in [0.2, 0.25) is 0 Å². The standard InChI is InChI=1S/C21H34FN5O2/c1-2-23-21(24-6-3-7-26-8-12-28-13-9-26)25-17-18-4-5-20(19(22)16-18)27-10-14-29-15-11-27/h4-5,16H,2-3,6-15,17H2,1H3,(H2,23,24,25). The Morgan fingerprint density at radius 3 is 2.48 bits per heavy atom. The molecule has 1 aromatic carbocycles. The van der Waals surface area contributed by atoms with Crippen LogP contribution in [0.25, 0.3) is 0 Å². The van der Waals surface area contributed by atoms with Crippen LogP contribution in [-0.2, 0) is 16.0 Å². The highest BCUT2D eigenvalue weighted by Crippen LogP contribution is 2.21. The molecule has 29 heavy (non-hydrogen) atoms. The summed E-state index contributed by atoms with van der Waals surface area (Å²) in [5.74, 6) is 0.579. The highest BCUT2D eigenvalue weighted by molar-refractivity contribution is 5.79. The molecule has 8 heteroatoms. The molecule has 0 amide bonds. The van der Waals surface area contributed by atoms with Crippen LogP contribution in [0.4, 0.5) is 10.1 Å². The average Bonchev–Trinajstić information content (AvgIpc) is 2.76. The van der Waals surface area contributed by atoms with Crippen molar-refractivity contribution in [3.63, 3.8) is 0 Å². The minimum absolute atomic E-state index is 0.192. The molecule has 0 spiro atoms. The third-order valence-electron chi connectivity index (χ3n) is 5.18. The summed E-state index contributed by atoms with van der Waals surface area (Å²) in [6.45, 7) is 11.6. The van der Waals surface area contributed by atoms with E-state index in [1.54, 1.807) is 6.07 Å². The predicted octanol–water partition coefficient (Wildman–Crippen LogP) is 1.44. The minimum atomic E-state index is -0.192. The smallest absolute Gasteiger partial charge is 0.191 e. The molecular formula is C21H34FN5O2. The number of nitrogens with zero attached hydrogens (tertiary/aromatic N) is 3. The van der Waals surface area contributed by atoms with Gasteiger partial charge < -0.3 is 25.0 Å². The van der Waals surface area contributed by atoms with Gasteiger partial charge in [0.25, 0.3) is 0 Å². The summed E-state index contributed by atoms with van der Waals surface area (Å²) in [5.41, 5.74) is 1.51. The lowest BCUT2D eigenvalue weighted by Crippen LogP contribution is -2.40. The first-order valence-corrected chi connectivity index (χ1v) is 10.7. The Kier molecular flexibility index (Phi) is 8.98. The van der Waals surface area contributed by atoms with Crippen LogP contribution in [0.15, 0.2) is 23.2 Å². The van der Waals surface area contributed by atoms with Crippen LogP contribution in [0.5, 0.6) is 0 Å². The summed E-state index contributed by atoms with van der Waals surface area (Å²) in [4.78, 5) is 9.07. The molecule has 2 heterocycles. The minimum Gasteiger partial charge on any atom is -0.379 e. The molecule has 0 aromatic heterocycles. The fourth-order valence-corrected chi connectivity index (χ4v) is 3.56. The van der Waals surface area contributed by atoms with Crippen molar-refractivity contribution in [3.8, 4) is 0 Å². The van der Waals surface area contributed by atoms with Gasteiger partial charge in [-0.25, -0.2) is 9.38 Å². The largest absolute Gasteiger partial charge is 0.379 e.